The first kappa shape index (κ1) is 12.7. The number of aromatic amines is 1. The van der Waals surface area contributed by atoms with Gasteiger partial charge in [-0.15, -0.1) is 0 Å². The lowest BCUT2D eigenvalue weighted by atomic mass is 10.0. The SMILES string of the molecule is C[C@H](C(=O)Nc1ncn[nH]1)c1ccc([N+](=O)[O-])cc1. The van der Waals surface area contributed by atoms with Gasteiger partial charge in [-0.05, 0) is 12.5 Å². The van der Waals surface area contributed by atoms with Gasteiger partial charge in [-0.3, -0.25) is 20.2 Å². The second kappa shape index (κ2) is 5.25. The maximum atomic E-state index is 11.9. The van der Waals surface area contributed by atoms with Crippen molar-refractivity contribution in [3.8, 4) is 0 Å². The summed E-state index contributed by atoms with van der Waals surface area (Å²) in [4.78, 5) is 25.7. The number of aromatic nitrogens is 3. The van der Waals surface area contributed by atoms with Crippen molar-refractivity contribution in [3.05, 3.63) is 46.3 Å². The molecule has 19 heavy (non-hydrogen) atoms. The van der Waals surface area contributed by atoms with Crippen LogP contribution in [0.5, 0.6) is 0 Å². The number of amides is 1. The molecule has 0 bridgehead atoms. The molecule has 1 aromatic carbocycles. The predicted octanol–water partition coefficient (Wildman–Crippen LogP) is 1.46. The molecule has 0 saturated heterocycles. The highest BCUT2D eigenvalue weighted by atomic mass is 16.6. The molecule has 0 radical (unpaired) electrons. The molecule has 1 atom stereocenters. The highest BCUT2D eigenvalue weighted by molar-refractivity contribution is 5.94. The summed E-state index contributed by atoms with van der Waals surface area (Å²) in [5, 5.41) is 19.2. The van der Waals surface area contributed by atoms with Crippen LogP contribution in [-0.2, 0) is 4.79 Å². The molecule has 0 saturated carbocycles. The lowest BCUT2D eigenvalue weighted by Gasteiger charge is -2.10. The fourth-order valence-corrected chi connectivity index (χ4v) is 1.53. The number of carbonyl (C=O) groups excluding carboxylic acids is 1. The molecule has 1 amide bonds. The van der Waals surface area contributed by atoms with Crippen LogP contribution in [0.3, 0.4) is 0 Å². The predicted molar refractivity (Wildman–Crippen MR) is 66.5 cm³/mol. The smallest absolute Gasteiger partial charge is 0.269 e. The van der Waals surface area contributed by atoms with E-state index < -0.39 is 10.8 Å². The first-order chi connectivity index (χ1) is 9.08. The summed E-state index contributed by atoms with van der Waals surface area (Å²) in [7, 11) is 0. The molecule has 2 aromatic rings. The number of nitrogens with one attached hydrogen (secondary N) is 2. The van der Waals surface area contributed by atoms with Crippen LogP contribution >= 0.6 is 0 Å². The molecule has 98 valence electrons. The Morgan fingerprint density at radius 2 is 2.11 bits per heavy atom. The third-order valence-corrected chi connectivity index (χ3v) is 2.65. The number of hydrogen-bond acceptors (Lipinski definition) is 5. The number of rotatable bonds is 4. The van der Waals surface area contributed by atoms with Crippen molar-refractivity contribution in [1.29, 1.82) is 0 Å². The topological polar surface area (TPSA) is 114 Å². The summed E-state index contributed by atoms with van der Waals surface area (Å²) in [5.74, 6) is -0.463. The molecule has 0 spiro atoms. The van der Waals surface area contributed by atoms with Crippen LogP contribution in [0.2, 0.25) is 0 Å². The normalized spacial score (nSPS) is 11.8. The van der Waals surface area contributed by atoms with Gasteiger partial charge in [0.15, 0.2) is 0 Å². The minimum atomic E-state index is -0.483. The van der Waals surface area contributed by atoms with E-state index >= 15 is 0 Å². The van der Waals surface area contributed by atoms with Gasteiger partial charge in [0, 0.05) is 12.1 Å². The van der Waals surface area contributed by atoms with Gasteiger partial charge >= 0.3 is 0 Å². The number of anilines is 1. The van der Waals surface area contributed by atoms with Gasteiger partial charge in [0.2, 0.25) is 11.9 Å². The zero-order valence-electron chi connectivity index (χ0n) is 10.0. The molecule has 2 N–H and O–H groups in total. The van der Waals surface area contributed by atoms with E-state index in [1.807, 2.05) is 0 Å². The third-order valence-electron chi connectivity index (χ3n) is 2.65. The molecule has 2 rings (SSSR count). The highest BCUT2D eigenvalue weighted by Crippen LogP contribution is 2.20. The van der Waals surface area contributed by atoms with Gasteiger partial charge in [-0.2, -0.15) is 10.1 Å². The molecule has 0 aliphatic rings. The maximum Gasteiger partial charge on any atom is 0.269 e. The van der Waals surface area contributed by atoms with Crippen LogP contribution in [0, 0.1) is 10.1 Å². The van der Waals surface area contributed by atoms with Crippen LogP contribution in [-0.4, -0.2) is 26.0 Å². The van der Waals surface area contributed by atoms with E-state index in [1.54, 1.807) is 19.1 Å². The third kappa shape index (κ3) is 2.92. The second-order valence-electron chi connectivity index (χ2n) is 3.89. The fraction of sp³-hybridized carbons (Fsp3) is 0.182. The van der Waals surface area contributed by atoms with E-state index in [4.69, 9.17) is 0 Å². The largest absolute Gasteiger partial charge is 0.294 e. The lowest BCUT2D eigenvalue weighted by molar-refractivity contribution is -0.384. The van der Waals surface area contributed by atoms with E-state index in [2.05, 4.69) is 20.5 Å². The van der Waals surface area contributed by atoms with Crippen LogP contribution < -0.4 is 5.32 Å². The molecule has 8 nitrogen and oxygen atoms in total. The molecule has 0 aliphatic carbocycles. The second-order valence-corrected chi connectivity index (χ2v) is 3.89. The number of nitro benzene ring substituents is 1. The van der Waals surface area contributed by atoms with Gasteiger partial charge < -0.3 is 0 Å². The van der Waals surface area contributed by atoms with Gasteiger partial charge in [-0.1, -0.05) is 12.1 Å². The minimum absolute atomic E-state index is 0.00778. The highest BCUT2D eigenvalue weighted by Gasteiger charge is 2.17. The summed E-state index contributed by atoms with van der Waals surface area (Å²) < 4.78 is 0. The Kier molecular flexibility index (Phi) is 3.51. The minimum Gasteiger partial charge on any atom is -0.294 e. The lowest BCUT2D eigenvalue weighted by Crippen LogP contribution is -2.19. The Bertz CT molecular complexity index is 579. The summed E-state index contributed by atoms with van der Waals surface area (Å²) in [5.41, 5.74) is 0.675. The molecule has 1 heterocycles. The number of carbonyl (C=O) groups is 1. The average molecular weight is 261 g/mol. The van der Waals surface area contributed by atoms with Crippen molar-refractivity contribution >= 4 is 17.5 Å². The van der Waals surface area contributed by atoms with Crippen LogP contribution in [0.15, 0.2) is 30.6 Å². The van der Waals surface area contributed by atoms with E-state index in [0.717, 1.165) is 0 Å². The molecular formula is C11H11N5O3. The maximum absolute atomic E-state index is 11.9. The summed E-state index contributed by atoms with van der Waals surface area (Å²) in [6.07, 6.45) is 1.28. The first-order valence-electron chi connectivity index (χ1n) is 5.48. The Hall–Kier alpha value is -2.77. The van der Waals surface area contributed by atoms with Crippen LogP contribution in [0.4, 0.5) is 11.6 Å². The standard InChI is InChI=1S/C11H11N5O3/c1-7(10(17)14-11-12-6-13-15-11)8-2-4-9(5-3-8)16(18)19/h2-7H,1H3,(H2,12,13,14,15,17)/t7-/m0/s1. The van der Waals surface area contributed by atoms with Gasteiger partial charge in [0.1, 0.15) is 6.33 Å². The van der Waals surface area contributed by atoms with Crippen molar-refractivity contribution in [2.24, 2.45) is 0 Å². The fourth-order valence-electron chi connectivity index (χ4n) is 1.53. The van der Waals surface area contributed by atoms with Crippen molar-refractivity contribution in [3.63, 3.8) is 0 Å². The monoisotopic (exact) mass is 261 g/mol. The van der Waals surface area contributed by atoms with Crippen molar-refractivity contribution in [1.82, 2.24) is 15.2 Å². The summed E-state index contributed by atoms with van der Waals surface area (Å²) >= 11 is 0. The van der Waals surface area contributed by atoms with Gasteiger partial charge in [0.25, 0.3) is 5.69 Å². The number of nitrogens with zero attached hydrogens (tertiary/aromatic N) is 3. The number of hydrogen-bond donors (Lipinski definition) is 2. The molecular weight excluding hydrogens is 250 g/mol. The van der Waals surface area contributed by atoms with E-state index in [9.17, 15) is 14.9 Å². The summed E-state index contributed by atoms with van der Waals surface area (Å²) in [6, 6.07) is 5.85. The molecule has 1 aromatic heterocycles. The molecule has 0 unspecified atom stereocenters. The number of nitro groups is 1. The first-order valence-corrected chi connectivity index (χ1v) is 5.48. The molecule has 0 aliphatic heterocycles. The zero-order valence-corrected chi connectivity index (χ0v) is 10.0. The molecule has 0 fully saturated rings. The Labute approximate surface area is 108 Å². The Morgan fingerprint density at radius 3 is 2.63 bits per heavy atom. The van der Waals surface area contributed by atoms with E-state index in [1.165, 1.54) is 18.5 Å². The summed E-state index contributed by atoms with van der Waals surface area (Å²) in [6.45, 7) is 1.70. The van der Waals surface area contributed by atoms with Gasteiger partial charge in [-0.25, -0.2) is 5.10 Å². The Morgan fingerprint density at radius 1 is 1.42 bits per heavy atom. The zero-order chi connectivity index (χ0) is 13.8. The van der Waals surface area contributed by atoms with Crippen LogP contribution in [0.1, 0.15) is 18.4 Å². The van der Waals surface area contributed by atoms with Gasteiger partial charge in [0.05, 0.1) is 10.8 Å². The van der Waals surface area contributed by atoms with Crippen molar-refractivity contribution in [2.75, 3.05) is 5.32 Å². The average Bonchev–Trinajstić information content (AvgIpc) is 2.90. The van der Waals surface area contributed by atoms with Crippen molar-refractivity contribution in [2.45, 2.75) is 12.8 Å². The quantitative estimate of drug-likeness (QED) is 0.638. The van der Waals surface area contributed by atoms with E-state index in [0.29, 0.717) is 5.56 Å². The Balaban J connectivity index is 2.08. The number of H-pyrrole nitrogens is 1. The molecule has 8 heteroatoms. The van der Waals surface area contributed by atoms with Crippen molar-refractivity contribution < 1.29 is 9.72 Å². The van der Waals surface area contributed by atoms with E-state index in [-0.39, 0.29) is 17.5 Å². The number of non-ortho nitro benzene ring substituents is 1. The number of benzene rings is 1. The van der Waals surface area contributed by atoms with Crippen LogP contribution in [0.25, 0.3) is 0 Å².